The van der Waals surface area contributed by atoms with Gasteiger partial charge in [0, 0.05) is 17.6 Å². The number of halogens is 2. The van der Waals surface area contributed by atoms with E-state index in [1.54, 1.807) is 6.07 Å². The van der Waals surface area contributed by atoms with Crippen molar-refractivity contribution in [2.45, 2.75) is 38.6 Å². The van der Waals surface area contributed by atoms with Gasteiger partial charge in [-0.1, -0.05) is 43.5 Å². The molecule has 1 amide bonds. The number of amides is 1. The first-order valence-corrected chi connectivity index (χ1v) is 6.77. The van der Waals surface area contributed by atoms with Crippen molar-refractivity contribution in [2.75, 3.05) is 6.54 Å². The maximum atomic E-state index is 11.8. The second-order valence-corrected chi connectivity index (χ2v) is 4.89. The molecule has 5 heteroatoms. The summed E-state index contributed by atoms with van der Waals surface area (Å²) in [5, 5.41) is 3.62. The van der Waals surface area contributed by atoms with E-state index in [2.05, 4.69) is 12.2 Å². The van der Waals surface area contributed by atoms with Gasteiger partial charge >= 0.3 is 0 Å². The highest BCUT2D eigenvalue weighted by Gasteiger charge is 2.10. The Morgan fingerprint density at radius 1 is 1.47 bits per heavy atom. The molecule has 0 spiro atoms. The quantitative estimate of drug-likeness (QED) is 0.814. The zero-order valence-corrected chi connectivity index (χ0v) is 12.8. The molecule has 1 unspecified atom stereocenters. The van der Waals surface area contributed by atoms with Crippen LogP contribution in [0.15, 0.2) is 24.3 Å². The number of carbonyl (C=O) groups is 1. The van der Waals surface area contributed by atoms with E-state index in [0.29, 0.717) is 18.0 Å². The third kappa shape index (κ3) is 7.41. The van der Waals surface area contributed by atoms with Crippen LogP contribution in [0.2, 0.25) is 5.02 Å². The van der Waals surface area contributed by atoms with Crippen molar-refractivity contribution in [3.05, 3.63) is 34.9 Å². The molecule has 0 radical (unpaired) electrons. The van der Waals surface area contributed by atoms with E-state index in [1.807, 2.05) is 18.2 Å². The smallest absolute Gasteiger partial charge is 0.224 e. The van der Waals surface area contributed by atoms with Crippen LogP contribution >= 0.6 is 24.0 Å². The summed E-state index contributed by atoms with van der Waals surface area (Å²) in [5.41, 5.74) is 6.57. The van der Waals surface area contributed by atoms with Gasteiger partial charge < -0.3 is 11.1 Å². The second kappa shape index (κ2) is 10.1. The van der Waals surface area contributed by atoms with Crippen molar-refractivity contribution < 1.29 is 4.79 Å². The summed E-state index contributed by atoms with van der Waals surface area (Å²) >= 11 is 5.88. The number of unbranched alkanes of at least 4 members (excludes halogenated alkanes) is 1. The molecule has 1 aromatic carbocycles. The van der Waals surface area contributed by atoms with Crippen LogP contribution in [0.1, 0.15) is 31.7 Å². The van der Waals surface area contributed by atoms with Crippen LogP contribution in [0.3, 0.4) is 0 Å². The monoisotopic (exact) mass is 304 g/mol. The first kappa shape index (κ1) is 18.2. The highest BCUT2D eigenvalue weighted by molar-refractivity contribution is 6.30. The summed E-state index contributed by atoms with van der Waals surface area (Å²) in [6.07, 6.45) is 3.48. The maximum absolute atomic E-state index is 11.8. The summed E-state index contributed by atoms with van der Waals surface area (Å²) in [5.74, 6) is 0.00354. The van der Waals surface area contributed by atoms with E-state index in [9.17, 15) is 4.79 Å². The molecule has 0 bridgehead atoms. The Morgan fingerprint density at radius 3 is 2.79 bits per heavy atom. The van der Waals surface area contributed by atoms with E-state index in [1.165, 1.54) is 0 Å². The normalized spacial score (nSPS) is 11.5. The number of nitrogens with one attached hydrogen (secondary N) is 1. The van der Waals surface area contributed by atoms with Crippen molar-refractivity contribution in [3.63, 3.8) is 0 Å². The van der Waals surface area contributed by atoms with Crippen molar-refractivity contribution >= 4 is 29.9 Å². The van der Waals surface area contributed by atoms with E-state index < -0.39 is 0 Å². The Morgan fingerprint density at radius 2 is 2.21 bits per heavy atom. The fourth-order valence-electron chi connectivity index (χ4n) is 1.81. The molecule has 19 heavy (non-hydrogen) atoms. The molecule has 1 aromatic rings. The van der Waals surface area contributed by atoms with Crippen molar-refractivity contribution in [1.29, 1.82) is 0 Å². The van der Waals surface area contributed by atoms with Gasteiger partial charge in [0.2, 0.25) is 5.91 Å². The highest BCUT2D eigenvalue weighted by atomic mass is 35.5. The molecule has 0 aliphatic carbocycles. The molecular formula is C14H22Cl2N2O. The van der Waals surface area contributed by atoms with Crippen LogP contribution < -0.4 is 11.1 Å². The van der Waals surface area contributed by atoms with Crippen LogP contribution in [-0.2, 0) is 11.2 Å². The fraction of sp³-hybridized carbons (Fsp3) is 0.500. The predicted molar refractivity (Wildman–Crippen MR) is 82.9 cm³/mol. The zero-order valence-electron chi connectivity index (χ0n) is 11.2. The van der Waals surface area contributed by atoms with Crippen LogP contribution in [-0.4, -0.2) is 18.5 Å². The summed E-state index contributed by atoms with van der Waals surface area (Å²) in [7, 11) is 0. The Kier molecular flexibility index (Phi) is 9.66. The van der Waals surface area contributed by atoms with Gasteiger partial charge in [0.25, 0.3) is 0 Å². The van der Waals surface area contributed by atoms with Gasteiger partial charge in [0.15, 0.2) is 0 Å². The zero-order chi connectivity index (χ0) is 13.4. The lowest BCUT2D eigenvalue weighted by Gasteiger charge is -2.16. The van der Waals surface area contributed by atoms with E-state index in [4.69, 9.17) is 17.3 Å². The van der Waals surface area contributed by atoms with Gasteiger partial charge in [-0.2, -0.15) is 0 Å². The van der Waals surface area contributed by atoms with E-state index in [-0.39, 0.29) is 24.4 Å². The first-order chi connectivity index (χ1) is 8.65. The van der Waals surface area contributed by atoms with Gasteiger partial charge in [-0.05, 0) is 24.1 Å². The molecule has 0 aliphatic heterocycles. The van der Waals surface area contributed by atoms with Crippen LogP contribution in [0.5, 0.6) is 0 Å². The summed E-state index contributed by atoms with van der Waals surface area (Å²) in [6.45, 7) is 2.61. The molecule has 1 rings (SSSR count). The minimum Gasteiger partial charge on any atom is -0.352 e. The molecule has 0 heterocycles. The SMILES string of the molecule is CCCCC(CN)NC(=O)Cc1cccc(Cl)c1.Cl. The summed E-state index contributed by atoms with van der Waals surface area (Å²) < 4.78 is 0. The molecule has 3 nitrogen and oxygen atoms in total. The third-order valence-corrected chi connectivity index (χ3v) is 3.04. The number of hydrogen-bond donors (Lipinski definition) is 2. The van der Waals surface area contributed by atoms with Crippen LogP contribution in [0.4, 0.5) is 0 Å². The topological polar surface area (TPSA) is 55.1 Å². The first-order valence-electron chi connectivity index (χ1n) is 6.39. The summed E-state index contributed by atoms with van der Waals surface area (Å²) in [6, 6.07) is 7.44. The predicted octanol–water partition coefficient (Wildman–Crippen LogP) is 2.94. The Labute approximate surface area is 126 Å². The highest BCUT2D eigenvalue weighted by Crippen LogP contribution is 2.11. The lowest BCUT2D eigenvalue weighted by Crippen LogP contribution is -2.40. The number of rotatable bonds is 7. The Hall–Kier alpha value is -0.770. The largest absolute Gasteiger partial charge is 0.352 e. The molecule has 0 aliphatic rings. The second-order valence-electron chi connectivity index (χ2n) is 4.45. The lowest BCUT2D eigenvalue weighted by atomic mass is 10.1. The van der Waals surface area contributed by atoms with Gasteiger partial charge in [0.1, 0.15) is 0 Å². The van der Waals surface area contributed by atoms with Gasteiger partial charge in [-0.3, -0.25) is 4.79 Å². The average Bonchev–Trinajstić information content (AvgIpc) is 2.34. The molecule has 0 saturated carbocycles. The standard InChI is InChI=1S/C14H21ClN2O.ClH/c1-2-3-7-13(10-16)17-14(18)9-11-5-4-6-12(15)8-11;/h4-6,8,13H,2-3,7,9-10,16H2,1H3,(H,17,18);1H. The van der Waals surface area contributed by atoms with Gasteiger partial charge in [-0.15, -0.1) is 12.4 Å². The minimum atomic E-state index is 0. The molecule has 3 N–H and O–H groups in total. The third-order valence-electron chi connectivity index (χ3n) is 2.81. The fourth-order valence-corrected chi connectivity index (χ4v) is 2.02. The van der Waals surface area contributed by atoms with E-state index >= 15 is 0 Å². The molecule has 0 saturated heterocycles. The summed E-state index contributed by atoms with van der Waals surface area (Å²) in [4.78, 5) is 11.8. The van der Waals surface area contributed by atoms with Gasteiger partial charge in [-0.25, -0.2) is 0 Å². The van der Waals surface area contributed by atoms with Crippen molar-refractivity contribution in [1.82, 2.24) is 5.32 Å². The van der Waals surface area contributed by atoms with Crippen molar-refractivity contribution in [2.24, 2.45) is 5.73 Å². The molecular weight excluding hydrogens is 283 g/mol. The number of nitrogens with two attached hydrogens (primary N) is 1. The molecule has 0 fully saturated rings. The molecule has 0 aromatic heterocycles. The van der Waals surface area contributed by atoms with Crippen molar-refractivity contribution in [3.8, 4) is 0 Å². The van der Waals surface area contributed by atoms with Crippen LogP contribution in [0, 0.1) is 0 Å². The number of hydrogen-bond acceptors (Lipinski definition) is 2. The maximum Gasteiger partial charge on any atom is 0.224 e. The molecule has 1 atom stereocenters. The minimum absolute atomic E-state index is 0. The molecule has 108 valence electrons. The van der Waals surface area contributed by atoms with Gasteiger partial charge in [0.05, 0.1) is 6.42 Å². The average molecular weight is 305 g/mol. The van der Waals surface area contributed by atoms with E-state index in [0.717, 1.165) is 24.8 Å². The van der Waals surface area contributed by atoms with Crippen LogP contribution in [0.25, 0.3) is 0 Å². The number of benzene rings is 1. The Bertz CT molecular complexity index is 385. The number of carbonyl (C=O) groups excluding carboxylic acids is 1. The Balaban J connectivity index is 0.00000324. The lowest BCUT2D eigenvalue weighted by molar-refractivity contribution is -0.121.